The van der Waals surface area contributed by atoms with Crippen molar-refractivity contribution in [1.82, 2.24) is 9.88 Å². The van der Waals surface area contributed by atoms with Gasteiger partial charge in [-0.2, -0.15) is 0 Å². The Bertz CT molecular complexity index is 1220. The zero-order valence-electron chi connectivity index (χ0n) is 15.4. The van der Waals surface area contributed by atoms with E-state index in [1.54, 1.807) is 4.90 Å². The van der Waals surface area contributed by atoms with E-state index in [-0.39, 0.29) is 0 Å². The summed E-state index contributed by atoms with van der Waals surface area (Å²) in [5.41, 5.74) is 2.96. The minimum absolute atomic E-state index is 0.399. The molecule has 0 atom stereocenters. The van der Waals surface area contributed by atoms with Crippen LogP contribution in [-0.2, 0) is 4.79 Å². The number of nitrogens with one attached hydrogen (secondary N) is 1. The molecule has 3 aromatic carbocycles. The van der Waals surface area contributed by atoms with E-state index >= 15 is 0 Å². The van der Waals surface area contributed by atoms with Crippen LogP contribution in [0.4, 0.5) is 0 Å². The van der Waals surface area contributed by atoms with E-state index < -0.39 is 11.7 Å². The van der Waals surface area contributed by atoms with Gasteiger partial charge in [-0.25, -0.2) is 0 Å². The number of hydrogen-bond acceptors (Lipinski definition) is 2. The molecule has 2 heterocycles. The molecule has 1 N–H and O–H groups in total. The van der Waals surface area contributed by atoms with Gasteiger partial charge in [0.2, 0.25) is 0 Å². The third-order valence-corrected chi connectivity index (χ3v) is 5.56. The van der Waals surface area contributed by atoms with Crippen LogP contribution < -0.4 is 0 Å². The first-order chi connectivity index (χ1) is 13.7. The first kappa shape index (κ1) is 16.8. The molecule has 0 saturated carbocycles. The van der Waals surface area contributed by atoms with Crippen molar-refractivity contribution in [2.45, 2.75) is 12.8 Å². The molecule has 1 amide bonds. The van der Waals surface area contributed by atoms with Crippen LogP contribution in [0.25, 0.3) is 32.9 Å². The molecule has 4 nitrogen and oxygen atoms in total. The summed E-state index contributed by atoms with van der Waals surface area (Å²) in [6, 6.07) is 21.9. The van der Waals surface area contributed by atoms with Gasteiger partial charge in [-0.15, -0.1) is 0 Å². The highest BCUT2D eigenvalue weighted by molar-refractivity contribution is 6.46. The first-order valence-corrected chi connectivity index (χ1v) is 9.66. The predicted octanol–water partition coefficient (Wildman–Crippen LogP) is 4.79. The Morgan fingerprint density at radius 2 is 1.54 bits per heavy atom. The van der Waals surface area contributed by atoms with Crippen LogP contribution in [0.2, 0.25) is 0 Å². The molecule has 4 aromatic rings. The molecule has 1 aliphatic rings. The van der Waals surface area contributed by atoms with E-state index in [0.717, 1.165) is 40.1 Å². The van der Waals surface area contributed by atoms with E-state index in [1.807, 2.05) is 48.5 Å². The van der Waals surface area contributed by atoms with Crippen molar-refractivity contribution in [1.29, 1.82) is 0 Å². The molecule has 1 fully saturated rings. The number of amides is 1. The molecular weight excluding hydrogens is 348 g/mol. The Hall–Kier alpha value is -3.40. The summed E-state index contributed by atoms with van der Waals surface area (Å²) in [7, 11) is 0. The summed E-state index contributed by atoms with van der Waals surface area (Å²) in [4.78, 5) is 31.2. The van der Waals surface area contributed by atoms with Crippen molar-refractivity contribution in [3.8, 4) is 11.3 Å². The second-order valence-electron chi connectivity index (χ2n) is 7.31. The van der Waals surface area contributed by atoms with Gasteiger partial charge in [-0.05, 0) is 41.3 Å². The van der Waals surface area contributed by atoms with E-state index in [1.165, 1.54) is 0 Å². The molecule has 1 aromatic heterocycles. The quantitative estimate of drug-likeness (QED) is 0.417. The molecule has 0 bridgehead atoms. The fourth-order valence-corrected chi connectivity index (χ4v) is 4.11. The maximum atomic E-state index is 13.3. The number of rotatable bonds is 3. The largest absolute Gasteiger partial charge is 0.354 e. The molecule has 28 heavy (non-hydrogen) atoms. The molecule has 4 heteroatoms. The van der Waals surface area contributed by atoms with E-state index in [4.69, 9.17) is 0 Å². The van der Waals surface area contributed by atoms with Gasteiger partial charge in [-0.3, -0.25) is 9.59 Å². The second kappa shape index (κ2) is 6.64. The van der Waals surface area contributed by atoms with Crippen LogP contribution >= 0.6 is 0 Å². The summed E-state index contributed by atoms with van der Waals surface area (Å²) < 4.78 is 0. The third kappa shape index (κ3) is 2.69. The van der Waals surface area contributed by atoms with E-state index in [2.05, 4.69) is 23.2 Å². The van der Waals surface area contributed by atoms with Crippen molar-refractivity contribution in [2.24, 2.45) is 0 Å². The van der Waals surface area contributed by atoms with Crippen LogP contribution in [0.3, 0.4) is 0 Å². The number of fused-ring (bicyclic) bond motifs is 2. The fourth-order valence-electron chi connectivity index (χ4n) is 4.11. The first-order valence-electron chi connectivity index (χ1n) is 9.66. The molecule has 0 unspecified atom stereocenters. The van der Waals surface area contributed by atoms with E-state index in [0.29, 0.717) is 24.3 Å². The highest BCUT2D eigenvalue weighted by Gasteiger charge is 2.30. The lowest BCUT2D eigenvalue weighted by molar-refractivity contribution is -0.125. The SMILES string of the molecule is O=C(C(=O)N1CCCC1)c1c(-c2ccc3ccccc3c2)[nH]c2ccccc12. The van der Waals surface area contributed by atoms with Gasteiger partial charge in [0.15, 0.2) is 0 Å². The van der Waals surface area contributed by atoms with Gasteiger partial charge in [0.05, 0.1) is 11.3 Å². The number of likely N-dealkylation sites (tertiary alicyclic amines) is 1. The van der Waals surface area contributed by atoms with Gasteiger partial charge in [-0.1, -0.05) is 54.6 Å². The van der Waals surface area contributed by atoms with Crippen LogP contribution in [-0.4, -0.2) is 34.7 Å². The number of aromatic nitrogens is 1. The number of aromatic amines is 1. The normalized spacial score (nSPS) is 14.1. The van der Waals surface area contributed by atoms with Gasteiger partial charge in [0.1, 0.15) is 0 Å². The minimum Gasteiger partial charge on any atom is -0.354 e. The lowest BCUT2D eigenvalue weighted by atomic mass is 9.99. The molecule has 138 valence electrons. The lowest BCUT2D eigenvalue weighted by Gasteiger charge is -2.14. The third-order valence-electron chi connectivity index (χ3n) is 5.56. The van der Waals surface area contributed by atoms with Crippen LogP contribution in [0.5, 0.6) is 0 Å². The molecular formula is C24H20N2O2. The van der Waals surface area contributed by atoms with Crippen molar-refractivity contribution >= 4 is 33.4 Å². The van der Waals surface area contributed by atoms with Crippen molar-refractivity contribution in [3.05, 3.63) is 72.3 Å². The Kier molecular flexibility index (Phi) is 3.97. The topological polar surface area (TPSA) is 53.2 Å². The minimum atomic E-state index is -0.428. The standard InChI is InChI=1S/C24H20N2O2/c27-23(24(28)26-13-5-6-14-26)21-19-9-3-4-10-20(19)25-22(21)18-12-11-16-7-1-2-8-17(16)15-18/h1-4,7-12,15,25H,5-6,13-14H2. The highest BCUT2D eigenvalue weighted by Crippen LogP contribution is 2.33. The fraction of sp³-hybridized carbons (Fsp3) is 0.167. The molecule has 0 spiro atoms. The zero-order valence-corrected chi connectivity index (χ0v) is 15.4. The Morgan fingerprint density at radius 3 is 2.36 bits per heavy atom. The molecule has 5 rings (SSSR count). The number of benzene rings is 3. The number of ketones is 1. The van der Waals surface area contributed by atoms with Crippen molar-refractivity contribution in [2.75, 3.05) is 13.1 Å². The van der Waals surface area contributed by atoms with E-state index in [9.17, 15) is 9.59 Å². The number of nitrogens with zero attached hydrogens (tertiary/aromatic N) is 1. The van der Waals surface area contributed by atoms with Crippen LogP contribution in [0.1, 0.15) is 23.2 Å². The predicted molar refractivity (Wildman–Crippen MR) is 111 cm³/mol. The zero-order chi connectivity index (χ0) is 19.1. The van der Waals surface area contributed by atoms with Gasteiger partial charge < -0.3 is 9.88 Å². The summed E-state index contributed by atoms with van der Waals surface area (Å²) in [6.45, 7) is 1.33. The molecule has 0 radical (unpaired) electrons. The average Bonchev–Trinajstić information content (AvgIpc) is 3.40. The number of H-pyrrole nitrogens is 1. The number of para-hydroxylation sites is 1. The Labute approximate surface area is 162 Å². The lowest BCUT2D eigenvalue weighted by Crippen LogP contribution is -2.34. The summed E-state index contributed by atoms with van der Waals surface area (Å²) in [5.74, 6) is -0.827. The maximum absolute atomic E-state index is 13.3. The molecule has 0 aliphatic carbocycles. The van der Waals surface area contributed by atoms with Crippen LogP contribution in [0.15, 0.2) is 66.7 Å². The second-order valence-corrected chi connectivity index (χ2v) is 7.31. The summed E-state index contributed by atoms with van der Waals surface area (Å²) in [5, 5.41) is 3.04. The average molecular weight is 368 g/mol. The number of hydrogen-bond donors (Lipinski definition) is 1. The van der Waals surface area contributed by atoms with Crippen LogP contribution in [0, 0.1) is 0 Å². The Balaban J connectivity index is 1.68. The highest BCUT2D eigenvalue weighted by atomic mass is 16.2. The number of carbonyl (C=O) groups is 2. The summed E-state index contributed by atoms with van der Waals surface area (Å²) >= 11 is 0. The Morgan fingerprint density at radius 1 is 0.821 bits per heavy atom. The van der Waals surface area contributed by atoms with Gasteiger partial charge in [0.25, 0.3) is 11.7 Å². The molecule has 1 saturated heterocycles. The monoisotopic (exact) mass is 368 g/mol. The van der Waals surface area contributed by atoms with Crippen molar-refractivity contribution < 1.29 is 9.59 Å². The summed E-state index contributed by atoms with van der Waals surface area (Å²) in [6.07, 6.45) is 1.93. The number of carbonyl (C=O) groups excluding carboxylic acids is 2. The molecule has 1 aliphatic heterocycles. The van der Waals surface area contributed by atoms with Gasteiger partial charge >= 0.3 is 0 Å². The van der Waals surface area contributed by atoms with Gasteiger partial charge in [0, 0.05) is 24.0 Å². The number of Topliss-reactive ketones (excluding diaryl/α,β-unsaturated/α-hetero) is 1. The maximum Gasteiger partial charge on any atom is 0.295 e. The van der Waals surface area contributed by atoms with Crippen molar-refractivity contribution in [3.63, 3.8) is 0 Å². The smallest absolute Gasteiger partial charge is 0.295 e.